The fourth-order valence-electron chi connectivity index (χ4n) is 3.41. The number of carbonyl (C=O) groups is 2. The lowest BCUT2D eigenvalue weighted by molar-refractivity contribution is 0.0706. The van der Waals surface area contributed by atoms with Gasteiger partial charge in [-0.15, -0.1) is 0 Å². The molecule has 1 aliphatic rings. The number of amides is 2. The zero-order valence-corrected chi connectivity index (χ0v) is 15.3. The van der Waals surface area contributed by atoms with Crippen molar-refractivity contribution in [1.82, 2.24) is 9.88 Å². The van der Waals surface area contributed by atoms with E-state index in [9.17, 15) is 9.59 Å². The quantitative estimate of drug-likeness (QED) is 0.748. The van der Waals surface area contributed by atoms with Crippen LogP contribution in [0.3, 0.4) is 0 Å². The first-order chi connectivity index (χ1) is 13.0. The molecule has 7 heteroatoms. The Morgan fingerprint density at radius 3 is 2.59 bits per heavy atom. The number of carbonyl (C=O) groups excluding carboxylic acids is 2. The van der Waals surface area contributed by atoms with Gasteiger partial charge in [0.15, 0.2) is 11.5 Å². The van der Waals surface area contributed by atoms with E-state index in [0.717, 1.165) is 23.9 Å². The van der Waals surface area contributed by atoms with Crippen LogP contribution in [0.2, 0.25) is 5.02 Å². The monoisotopic (exact) mass is 383 g/mol. The number of fused-ring (bicyclic) bond motifs is 1. The Bertz CT molecular complexity index is 1020. The van der Waals surface area contributed by atoms with Crippen LogP contribution in [0.15, 0.2) is 46.9 Å². The van der Waals surface area contributed by atoms with Crippen LogP contribution < -0.4 is 5.73 Å². The number of hydrogen-bond donors (Lipinski definition) is 1. The third kappa shape index (κ3) is 3.53. The van der Waals surface area contributed by atoms with E-state index in [1.807, 2.05) is 6.07 Å². The molecule has 1 aliphatic heterocycles. The molecule has 0 saturated carbocycles. The predicted molar refractivity (Wildman–Crippen MR) is 102 cm³/mol. The van der Waals surface area contributed by atoms with E-state index in [-0.39, 0.29) is 11.8 Å². The molecule has 1 fully saturated rings. The lowest BCUT2D eigenvalue weighted by atomic mass is 9.96. The van der Waals surface area contributed by atoms with Gasteiger partial charge in [-0.2, -0.15) is 0 Å². The summed E-state index contributed by atoms with van der Waals surface area (Å²) >= 11 is 6.00. The summed E-state index contributed by atoms with van der Waals surface area (Å²) < 4.78 is 5.86. The molecule has 1 saturated heterocycles. The maximum atomic E-state index is 12.7. The highest BCUT2D eigenvalue weighted by Gasteiger charge is 2.27. The largest absolute Gasteiger partial charge is 0.440 e. The normalized spacial score (nSPS) is 15.2. The van der Waals surface area contributed by atoms with E-state index < -0.39 is 5.91 Å². The van der Waals surface area contributed by atoms with E-state index in [2.05, 4.69) is 4.98 Å². The first-order valence-electron chi connectivity index (χ1n) is 8.76. The minimum Gasteiger partial charge on any atom is -0.440 e. The summed E-state index contributed by atoms with van der Waals surface area (Å²) in [4.78, 5) is 30.4. The Morgan fingerprint density at radius 2 is 1.85 bits per heavy atom. The van der Waals surface area contributed by atoms with Gasteiger partial charge in [0.2, 0.25) is 5.91 Å². The van der Waals surface area contributed by atoms with E-state index in [4.69, 9.17) is 21.8 Å². The van der Waals surface area contributed by atoms with Gasteiger partial charge in [-0.05, 0) is 49.2 Å². The van der Waals surface area contributed by atoms with Crippen LogP contribution in [0.5, 0.6) is 0 Å². The van der Waals surface area contributed by atoms with Crippen LogP contribution in [0.25, 0.3) is 11.1 Å². The van der Waals surface area contributed by atoms with Crippen molar-refractivity contribution in [2.75, 3.05) is 13.1 Å². The molecule has 0 spiro atoms. The van der Waals surface area contributed by atoms with Crippen molar-refractivity contribution >= 4 is 34.5 Å². The molecule has 27 heavy (non-hydrogen) atoms. The lowest BCUT2D eigenvalue weighted by Crippen LogP contribution is -2.38. The lowest BCUT2D eigenvalue weighted by Gasteiger charge is -2.30. The molecule has 4 rings (SSSR count). The van der Waals surface area contributed by atoms with Crippen LogP contribution in [0.1, 0.15) is 45.4 Å². The molecule has 0 bridgehead atoms. The van der Waals surface area contributed by atoms with E-state index in [1.165, 1.54) is 0 Å². The van der Waals surface area contributed by atoms with Gasteiger partial charge in [0, 0.05) is 35.2 Å². The Kier molecular flexibility index (Phi) is 4.58. The molecule has 0 atom stereocenters. The zero-order chi connectivity index (χ0) is 19.0. The molecular formula is C20H18ClN3O3. The smallest absolute Gasteiger partial charge is 0.253 e. The van der Waals surface area contributed by atoms with E-state index in [0.29, 0.717) is 35.1 Å². The number of primary amides is 1. The molecule has 2 heterocycles. The van der Waals surface area contributed by atoms with Gasteiger partial charge in [0.05, 0.1) is 0 Å². The summed E-state index contributed by atoms with van der Waals surface area (Å²) in [6.45, 7) is 1.20. The van der Waals surface area contributed by atoms with Gasteiger partial charge in [0.1, 0.15) is 5.52 Å². The van der Waals surface area contributed by atoms with Crippen molar-refractivity contribution in [2.24, 2.45) is 5.73 Å². The van der Waals surface area contributed by atoms with Gasteiger partial charge in [-0.25, -0.2) is 4.98 Å². The molecule has 0 aliphatic carbocycles. The molecule has 3 aromatic rings. The second kappa shape index (κ2) is 7.04. The Labute approximate surface area is 160 Å². The van der Waals surface area contributed by atoms with Crippen molar-refractivity contribution < 1.29 is 14.0 Å². The number of hydrogen-bond acceptors (Lipinski definition) is 4. The molecule has 138 valence electrons. The number of likely N-dealkylation sites (tertiary alicyclic amines) is 1. The van der Waals surface area contributed by atoms with Crippen LogP contribution in [-0.2, 0) is 0 Å². The van der Waals surface area contributed by atoms with Gasteiger partial charge < -0.3 is 15.1 Å². The molecule has 0 radical (unpaired) electrons. The Balaban J connectivity index is 1.45. The minimum atomic E-state index is -0.542. The van der Waals surface area contributed by atoms with Crippen molar-refractivity contribution in [3.63, 3.8) is 0 Å². The summed E-state index contributed by atoms with van der Waals surface area (Å²) in [5.74, 6) is 0.215. The molecular weight excluding hydrogens is 366 g/mol. The summed E-state index contributed by atoms with van der Waals surface area (Å²) in [7, 11) is 0. The predicted octanol–water partition coefficient (Wildman–Crippen LogP) is 3.60. The summed E-state index contributed by atoms with van der Waals surface area (Å²) in [6, 6.07) is 11.9. The van der Waals surface area contributed by atoms with Gasteiger partial charge in [-0.1, -0.05) is 17.7 Å². The van der Waals surface area contributed by atoms with Crippen molar-refractivity contribution in [2.45, 2.75) is 18.8 Å². The summed E-state index contributed by atoms with van der Waals surface area (Å²) in [6.07, 6.45) is 1.53. The Morgan fingerprint density at radius 1 is 1.11 bits per heavy atom. The maximum Gasteiger partial charge on any atom is 0.253 e. The molecule has 6 nitrogen and oxygen atoms in total. The van der Waals surface area contributed by atoms with Crippen LogP contribution in [0.4, 0.5) is 0 Å². The first kappa shape index (κ1) is 17.5. The number of nitrogens with two attached hydrogens (primary N) is 1. The number of halogens is 1. The fraction of sp³-hybridized carbons (Fsp3) is 0.250. The average Bonchev–Trinajstić information content (AvgIpc) is 3.10. The second-order valence-corrected chi connectivity index (χ2v) is 7.11. The summed E-state index contributed by atoms with van der Waals surface area (Å²) in [5, 5.41) is 0.626. The molecule has 0 unspecified atom stereocenters. The highest BCUT2D eigenvalue weighted by Crippen LogP contribution is 2.31. The van der Waals surface area contributed by atoms with E-state index in [1.54, 1.807) is 41.3 Å². The molecule has 2 aromatic carbocycles. The highest BCUT2D eigenvalue weighted by molar-refractivity contribution is 6.31. The standard InChI is InChI=1S/C20H18ClN3O3/c21-15-4-5-17-16(11-15)23-19(27-17)12-6-8-24(9-7-12)20(26)14-3-1-2-13(10-14)18(22)25/h1-5,10-12H,6-9H2,(H2,22,25). The number of oxazole rings is 1. The van der Waals surface area contributed by atoms with Crippen molar-refractivity contribution in [3.8, 4) is 0 Å². The second-order valence-electron chi connectivity index (χ2n) is 6.68. The van der Waals surface area contributed by atoms with Gasteiger partial charge in [-0.3, -0.25) is 9.59 Å². The number of rotatable bonds is 3. The van der Waals surface area contributed by atoms with Crippen molar-refractivity contribution in [3.05, 3.63) is 64.5 Å². The third-order valence-electron chi connectivity index (χ3n) is 4.89. The maximum absolute atomic E-state index is 12.7. The zero-order valence-electron chi connectivity index (χ0n) is 14.5. The van der Waals surface area contributed by atoms with Crippen LogP contribution in [0, 0.1) is 0 Å². The van der Waals surface area contributed by atoms with Gasteiger partial charge >= 0.3 is 0 Å². The fourth-order valence-corrected chi connectivity index (χ4v) is 3.58. The van der Waals surface area contributed by atoms with Crippen molar-refractivity contribution in [1.29, 1.82) is 0 Å². The number of piperidine rings is 1. The SMILES string of the molecule is NC(=O)c1cccc(C(=O)N2CCC(c3nc4cc(Cl)ccc4o3)CC2)c1. The first-order valence-corrected chi connectivity index (χ1v) is 9.14. The Hall–Kier alpha value is -2.86. The minimum absolute atomic E-state index is 0.0964. The molecule has 1 aromatic heterocycles. The highest BCUT2D eigenvalue weighted by atomic mass is 35.5. The summed E-state index contributed by atoms with van der Waals surface area (Å²) in [5.41, 5.74) is 7.57. The van der Waals surface area contributed by atoms with Gasteiger partial charge in [0.25, 0.3) is 5.91 Å². The van der Waals surface area contributed by atoms with Crippen LogP contribution >= 0.6 is 11.6 Å². The van der Waals surface area contributed by atoms with E-state index >= 15 is 0 Å². The molecule has 2 N–H and O–H groups in total. The topological polar surface area (TPSA) is 89.4 Å². The number of aromatic nitrogens is 1. The van der Waals surface area contributed by atoms with Crippen LogP contribution in [-0.4, -0.2) is 34.8 Å². The number of nitrogens with zero attached hydrogens (tertiary/aromatic N) is 2. The number of benzene rings is 2. The average molecular weight is 384 g/mol. The molecule has 2 amide bonds. The third-order valence-corrected chi connectivity index (χ3v) is 5.13.